The van der Waals surface area contributed by atoms with E-state index in [2.05, 4.69) is 0 Å². The molecular formula is C17H26O5. The van der Waals surface area contributed by atoms with Gasteiger partial charge in [-0.2, -0.15) is 0 Å². The molecule has 1 aromatic carbocycles. The third-order valence-electron chi connectivity index (χ3n) is 3.41. The number of rotatable bonds is 5. The van der Waals surface area contributed by atoms with E-state index in [1.165, 1.54) is 6.92 Å². The molecule has 124 valence electrons. The van der Waals surface area contributed by atoms with E-state index in [4.69, 9.17) is 9.84 Å². The zero-order valence-corrected chi connectivity index (χ0v) is 13.9. The van der Waals surface area contributed by atoms with Crippen molar-refractivity contribution in [3.63, 3.8) is 0 Å². The number of phenols is 1. The van der Waals surface area contributed by atoms with Gasteiger partial charge in [-0.25, -0.2) is 0 Å². The molecule has 0 bridgehead atoms. The van der Waals surface area contributed by atoms with Crippen molar-refractivity contribution in [2.45, 2.75) is 58.7 Å². The summed E-state index contributed by atoms with van der Waals surface area (Å²) >= 11 is 0. The van der Waals surface area contributed by atoms with Crippen molar-refractivity contribution in [1.82, 2.24) is 0 Å². The SMILES string of the molecule is Cc1cc(CCC(=O)OC(C)(O)CO)cc(C(C)(C)C)c1O. The van der Waals surface area contributed by atoms with Gasteiger partial charge in [0, 0.05) is 13.3 Å². The van der Waals surface area contributed by atoms with Crippen LogP contribution in [0.15, 0.2) is 12.1 Å². The van der Waals surface area contributed by atoms with Gasteiger partial charge < -0.3 is 20.1 Å². The number of aromatic hydroxyl groups is 1. The summed E-state index contributed by atoms with van der Waals surface area (Å²) in [5.74, 6) is -2.15. The molecule has 0 fully saturated rings. The fourth-order valence-corrected chi connectivity index (χ4v) is 2.15. The Hall–Kier alpha value is -1.59. The van der Waals surface area contributed by atoms with Crippen LogP contribution in [0.25, 0.3) is 0 Å². The van der Waals surface area contributed by atoms with E-state index in [9.17, 15) is 15.0 Å². The summed E-state index contributed by atoms with van der Waals surface area (Å²) in [4.78, 5) is 11.7. The maximum absolute atomic E-state index is 11.7. The number of carbonyl (C=O) groups excluding carboxylic acids is 1. The highest BCUT2D eigenvalue weighted by Crippen LogP contribution is 2.34. The molecule has 0 radical (unpaired) electrons. The number of esters is 1. The molecule has 0 spiro atoms. The average Bonchev–Trinajstić information content (AvgIpc) is 2.38. The fraction of sp³-hybridized carbons (Fsp3) is 0.588. The van der Waals surface area contributed by atoms with Crippen LogP contribution in [-0.2, 0) is 21.4 Å². The normalized spacial score (nSPS) is 14.5. The molecule has 1 rings (SSSR count). The highest BCUT2D eigenvalue weighted by Gasteiger charge is 2.24. The number of aryl methyl sites for hydroxylation is 2. The molecule has 0 aliphatic rings. The number of carbonyl (C=O) groups is 1. The van der Waals surface area contributed by atoms with Crippen molar-refractivity contribution in [3.8, 4) is 5.75 Å². The number of hydrogen-bond donors (Lipinski definition) is 3. The van der Waals surface area contributed by atoms with Crippen LogP contribution >= 0.6 is 0 Å². The van der Waals surface area contributed by atoms with Gasteiger partial charge in [0.1, 0.15) is 12.4 Å². The summed E-state index contributed by atoms with van der Waals surface area (Å²) in [6, 6.07) is 3.72. The summed E-state index contributed by atoms with van der Waals surface area (Å²) in [6.07, 6.45) is 0.522. The lowest BCUT2D eigenvalue weighted by atomic mass is 9.83. The van der Waals surface area contributed by atoms with Gasteiger partial charge in [-0.05, 0) is 35.4 Å². The predicted octanol–water partition coefficient (Wildman–Crippen LogP) is 2.17. The van der Waals surface area contributed by atoms with Crippen LogP contribution in [0, 0.1) is 6.92 Å². The van der Waals surface area contributed by atoms with Gasteiger partial charge in [0.2, 0.25) is 5.79 Å². The molecule has 0 heterocycles. The molecule has 1 unspecified atom stereocenters. The van der Waals surface area contributed by atoms with E-state index in [1.807, 2.05) is 39.8 Å². The standard InChI is InChI=1S/C17H26O5/c1-11-8-12(9-13(15(11)20)16(2,3)4)6-7-14(19)22-17(5,21)10-18/h8-9,18,20-21H,6-7,10H2,1-5H3. The maximum Gasteiger partial charge on any atom is 0.308 e. The third-order valence-corrected chi connectivity index (χ3v) is 3.41. The Balaban J connectivity index is 2.83. The highest BCUT2D eigenvalue weighted by atomic mass is 16.7. The fourth-order valence-electron chi connectivity index (χ4n) is 2.15. The molecule has 0 aliphatic carbocycles. The molecule has 3 N–H and O–H groups in total. The lowest BCUT2D eigenvalue weighted by Gasteiger charge is -2.23. The van der Waals surface area contributed by atoms with Crippen molar-refractivity contribution in [2.24, 2.45) is 0 Å². The van der Waals surface area contributed by atoms with Gasteiger partial charge >= 0.3 is 5.97 Å². The molecule has 0 saturated heterocycles. The van der Waals surface area contributed by atoms with Crippen LogP contribution in [0.3, 0.4) is 0 Å². The Morgan fingerprint density at radius 1 is 1.23 bits per heavy atom. The number of aliphatic hydroxyl groups is 2. The van der Waals surface area contributed by atoms with E-state index in [0.29, 0.717) is 6.42 Å². The van der Waals surface area contributed by atoms with Crippen LogP contribution in [-0.4, -0.2) is 33.7 Å². The number of ether oxygens (including phenoxy) is 1. The Morgan fingerprint density at radius 3 is 2.32 bits per heavy atom. The Bertz CT molecular complexity index is 541. The quantitative estimate of drug-likeness (QED) is 0.573. The predicted molar refractivity (Wildman–Crippen MR) is 83.7 cm³/mol. The molecule has 0 saturated carbocycles. The van der Waals surface area contributed by atoms with Gasteiger partial charge in [-0.15, -0.1) is 0 Å². The topological polar surface area (TPSA) is 87.0 Å². The third kappa shape index (κ3) is 5.00. The van der Waals surface area contributed by atoms with Crippen molar-refractivity contribution in [1.29, 1.82) is 0 Å². The van der Waals surface area contributed by atoms with Crippen LogP contribution in [0.1, 0.15) is 50.8 Å². The molecular weight excluding hydrogens is 284 g/mol. The minimum Gasteiger partial charge on any atom is -0.507 e. The van der Waals surface area contributed by atoms with Crippen molar-refractivity contribution in [2.75, 3.05) is 6.61 Å². The Kier molecular flexibility index (Phi) is 5.59. The monoisotopic (exact) mass is 310 g/mol. The zero-order valence-electron chi connectivity index (χ0n) is 13.9. The van der Waals surface area contributed by atoms with Crippen LogP contribution in [0.5, 0.6) is 5.75 Å². The summed E-state index contributed by atoms with van der Waals surface area (Å²) < 4.78 is 4.78. The molecule has 22 heavy (non-hydrogen) atoms. The molecule has 0 aromatic heterocycles. The minimum atomic E-state index is -1.85. The largest absolute Gasteiger partial charge is 0.507 e. The number of phenolic OH excluding ortho intramolecular Hbond substituents is 1. The van der Waals surface area contributed by atoms with Crippen molar-refractivity contribution < 1.29 is 24.9 Å². The van der Waals surface area contributed by atoms with Gasteiger partial charge in [0.05, 0.1) is 0 Å². The van der Waals surface area contributed by atoms with Crippen LogP contribution < -0.4 is 0 Å². The first-order chi connectivity index (χ1) is 9.96. The number of hydrogen-bond acceptors (Lipinski definition) is 5. The first-order valence-electron chi connectivity index (χ1n) is 7.34. The molecule has 0 aliphatic heterocycles. The summed E-state index contributed by atoms with van der Waals surface area (Å²) in [7, 11) is 0. The smallest absolute Gasteiger partial charge is 0.308 e. The summed E-state index contributed by atoms with van der Waals surface area (Å²) in [5, 5.41) is 28.5. The lowest BCUT2D eigenvalue weighted by Crippen LogP contribution is -2.35. The van der Waals surface area contributed by atoms with Gasteiger partial charge in [0.25, 0.3) is 0 Å². The second-order valence-corrected chi connectivity index (χ2v) is 6.87. The van der Waals surface area contributed by atoms with Crippen LogP contribution in [0.4, 0.5) is 0 Å². The molecule has 0 amide bonds. The minimum absolute atomic E-state index is 0.0873. The highest BCUT2D eigenvalue weighted by molar-refractivity contribution is 5.70. The zero-order chi connectivity index (χ0) is 17.1. The number of aliphatic hydroxyl groups excluding tert-OH is 1. The maximum atomic E-state index is 11.7. The second kappa shape index (κ2) is 6.67. The second-order valence-electron chi connectivity index (χ2n) is 6.87. The molecule has 5 heteroatoms. The Labute approximate surface area is 131 Å². The van der Waals surface area contributed by atoms with Crippen LogP contribution in [0.2, 0.25) is 0 Å². The van der Waals surface area contributed by atoms with Gasteiger partial charge in [-0.1, -0.05) is 32.9 Å². The number of benzene rings is 1. The van der Waals surface area contributed by atoms with Crippen molar-refractivity contribution in [3.05, 3.63) is 28.8 Å². The molecule has 1 aromatic rings. The van der Waals surface area contributed by atoms with E-state index in [1.54, 1.807) is 0 Å². The van der Waals surface area contributed by atoms with Crippen molar-refractivity contribution >= 4 is 5.97 Å². The first-order valence-corrected chi connectivity index (χ1v) is 7.34. The molecule has 5 nitrogen and oxygen atoms in total. The van der Waals surface area contributed by atoms with E-state index in [-0.39, 0.29) is 17.6 Å². The van der Waals surface area contributed by atoms with Gasteiger partial charge in [0.15, 0.2) is 0 Å². The lowest BCUT2D eigenvalue weighted by molar-refractivity contribution is -0.214. The Morgan fingerprint density at radius 2 is 1.82 bits per heavy atom. The van der Waals surface area contributed by atoms with E-state index in [0.717, 1.165) is 16.7 Å². The molecule has 1 atom stereocenters. The van der Waals surface area contributed by atoms with E-state index < -0.39 is 18.4 Å². The summed E-state index contributed by atoms with van der Waals surface area (Å²) in [6.45, 7) is 8.44. The average molecular weight is 310 g/mol. The summed E-state index contributed by atoms with van der Waals surface area (Å²) in [5.41, 5.74) is 2.31. The van der Waals surface area contributed by atoms with Gasteiger partial charge in [-0.3, -0.25) is 4.79 Å². The first kappa shape index (κ1) is 18.5. The van der Waals surface area contributed by atoms with E-state index >= 15 is 0 Å².